The summed E-state index contributed by atoms with van der Waals surface area (Å²) in [7, 11) is 0. The Morgan fingerprint density at radius 1 is 1.08 bits per heavy atom. The van der Waals surface area contributed by atoms with Crippen LogP contribution in [0, 0.1) is 6.92 Å². The summed E-state index contributed by atoms with van der Waals surface area (Å²) in [6, 6.07) is 17.0. The van der Waals surface area contributed by atoms with Gasteiger partial charge in [-0.25, -0.2) is 0 Å². The molecule has 0 aliphatic carbocycles. The molecule has 1 amide bonds. The maximum Gasteiger partial charge on any atom is 0.238 e. The van der Waals surface area contributed by atoms with Crippen molar-refractivity contribution in [2.24, 2.45) is 0 Å². The number of benzene rings is 2. The molecule has 0 saturated carbocycles. The Bertz CT molecular complexity index is 731. The number of hydrogen-bond acceptors (Lipinski definition) is 2. The first-order chi connectivity index (χ1) is 12.5. The lowest BCUT2D eigenvalue weighted by molar-refractivity contribution is -0.117. The zero-order valence-electron chi connectivity index (χ0n) is 16.2. The lowest BCUT2D eigenvalue weighted by Gasteiger charge is -2.31. The monoisotopic (exact) mass is 350 g/mol. The molecule has 1 aliphatic heterocycles. The summed E-state index contributed by atoms with van der Waals surface area (Å²) in [4.78, 5) is 14.9. The lowest BCUT2D eigenvalue weighted by Crippen LogP contribution is -2.38. The van der Waals surface area contributed by atoms with Gasteiger partial charge in [0.1, 0.15) is 0 Å². The molecular weight excluding hydrogens is 320 g/mol. The predicted molar refractivity (Wildman–Crippen MR) is 109 cm³/mol. The highest BCUT2D eigenvalue weighted by molar-refractivity contribution is 5.93. The van der Waals surface area contributed by atoms with Gasteiger partial charge < -0.3 is 5.32 Å². The first-order valence-electron chi connectivity index (χ1n) is 9.71. The molecule has 0 atom stereocenters. The van der Waals surface area contributed by atoms with Crippen molar-refractivity contribution >= 4 is 11.6 Å². The molecule has 2 aromatic rings. The van der Waals surface area contributed by atoms with Gasteiger partial charge in [0.15, 0.2) is 0 Å². The first kappa shape index (κ1) is 18.7. The van der Waals surface area contributed by atoms with Crippen molar-refractivity contribution in [3.63, 3.8) is 0 Å². The third-order valence-electron chi connectivity index (χ3n) is 5.42. The zero-order chi connectivity index (χ0) is 18.5. The third kappa shape index (κ3) is 4.53. The number of nitrogens with one attached hydrogen (secondary N) is 1. The van der Waals surface area contributed by atoms with Crippen molar-refractivity contribution in [2.75, 3.05) is 25.0 Å². The summed E-state index contributed by atoms with van der Waals surface area (Å²) in [5.41, 5.74) is 4.76. The summed E-state index contributed by atoms with van der Waals surface area (Å²) >= 11 is 0. The number of rotatable bonds is 5. The number of para-hydroxylation sites is 1. The molecule has 2 aromatic carbocycles. The Kier molecular flexibility index (Phi) is 6.10. The highest BCUT2D eigenvalue weighted by Gasteiger charge is 2.22. The summed E-state index contributed by atoms with van der Waals surface area (Å²) in [6.07, 6.45) is 2.25. The molecule has 1 aliphatic rings. The van der Waals surface area contributed by atoms with Crippen LogP contribution in [0.3, 0.4) is 0 Å². The van der Waals surface area contributed by atoms with Crippen LogP contribution in [0.5, 0.6) is 0 Å². The summed E-state index contributed by atoms with van der Waals surface area (Å²) in [5, 5.41) is 3.17. The smallest absolute Gasteiger partial charge is 0.238 e. The molecule has 0 bridgehead atoms. The SMILES string of the molecule is Cc1cccc(C(C)C)c1NC(=O)CN1CCC(c2ccccc2)CC1. The molecule has 0 spiro atoms. The van der Waals surface area contributed by atoms with Gasteiger partial charge in [-0.1, -0.05) is 62.4 Å². The Morgan fingerprint density at radius 2 is 1.77 bits per heavy atom. The molecule has 1 saturated heterocycles. The second-order valence-corrected chi connectivity index (χ2v) is 7.70. The van der Waals surface area contributed by atoms with E-state index in [4.69, 9.17) is 0 Å². The average molecular weight is 351 g/mol. The molecular formula is C23H30N2O. The highest BCUT2D eigenvalue weighted by atomic mass is 16.2. The van der Waals surface area contributed by atoms with Crippen LogP contribution in [-0.4, -0.2) is 30.4 Å². The second kappa shape index (κ2) is 8.50. The minimum Gasteiger partial charge on any atom is -0.324 e. The number of aryl methyl sites for hydroxylation is 1. The quantitative estimate of drug-likeness (QED) is 0.828. The van der Waals surface area contributed by atoms with E-state index in [0.717, 1.165) is 37.2 Å². The highest BCUT2D eigenvalue weighted by Crippen LogP contribution is 2.29. The molecule has 3 rings (SSSR count). The molecule has 1 fully saturated rings. The molecule has 0 unspecified atom stereocenters. The molecule has 1 heterocycles. The number of carbonyl (C=O) groups excluding carboxylic acids is 1. The van der Waals surface area contributed by atoms with Gasteiger partial charge in [0.2, 0.25) is 5.91 Å². The van der Waals surface area contributed by atoms with Crippen LogP contribution in [-0.2, 0) is 4.79 Å². The zero-order valence-corrected chi connectivity index (χ0v) is 16.2. The van der Waals surface area contributed by atoms with E-state index in [9.17, 15) is 4.79 Å². The first-order valence-corrected chi connectivity index (χ1v) is 9.71. The number of carbonyl (C=O) groups is 1. The standard InChI is InChI=1S/C23H30N2O/c1-17(2)21-11-7-8-18(3)23(21)24-22(26)16-25-14-12-20(13-15-25)19-9-5-4-6-10-19/h4-11,17,20H,12-16H2,1-3H3,(H,24,26). The fraction of sp³-hybridized carbons (Fsp3) is 0.435. The van der Waals surface area contributed by atoms with Crippen LogP contribution in [0.4, 0.5) is 5.69 Å². The number of nitrogens with zero attached hydrogens (tertiary/aromatic N) is 1. The molecule has 138 valence electrons. The number of anilines is 1. The molecule has 1 N–H and O–H groups in total. The number of amides is 1. The van der Waals surface area contributed by atoms with Crippen LogP contribution < -0.4 is 5.32 Å². The summed E-state index contributed by atoms with van der Waals surface area (Å²) in [6.45, 7) is 8.84. The van der Waals surface area contributed by atoms with Crippen LogP contribution in [0.15, 0.2) is 48.5 Å². The number of hydrogen-bond donors (Lipinski definition) is 1. The Morgan fingerprint density at radius 3 is 2.42 bits per heavy atom. The van der Waals surface area contributed by atoms with E-state index in [2.05, 4.69) is 79.5 Å². The van der Waals surface area contributed by atoms with Gasteiger partial charge in [-0.15, -0.1) is 0 Å². The van der Waals surface area contributed by atoms with Crippen LogP contribution >= 0.6 is 0 Å². The van der Waals surface area contributed by atoms with E-state index >= 15 is 0 Å². The summed E-state index contributed by atoms with van der Waals surface area (Å²) < 4.78 is 0. The number of likely N-dealkylation sites (tertiary alicyclic amines) is 1. The Hall–Kier alpha value is -2.13. The Balaban J connectivity index is 1.56. The van der Waals surface area contributed by atoms with E-state index in [-0.39, 0.29) is 5.91 Å². The van der Waals surface area contributed by atoms with Crippen molar-refractivity contribution < 1.29 is 4.79 Å². The fourth-order valence-electron chi connectivity index (χ4n) is 3.87. The molecule has 26 heavy (non-hydrogen) atoms. The van der Waals surface area contributed by atoms with Gasteiger partial charge in [-0.05, 0) is 61.4 Å². The van der Waals surface area contributed by atoms with Crippen molar-refractivity contribution in [1.82, 2.24) is 4.90 Å². The predicted octanol–water partition coefficient (Wildman–Crippen LogP) is 4.94. The van der Waals surface area contributed by atoms with E-state index in [1.165, 1.54) is 11.1 Å². The maximum absolute atomic E-state index is 12.6. The van der Waals surface area contributed by atoms with E-state index in [0.29, 0.717) is 18.4 Å². The van der Waals surface area contributed by atoms with E-state index < -0.39 is 0 Å². The van der Waals surface area contributed by atoms with Gasteiger partial charge in [0.25, 0.3) is 0 Å². The van der Waals surface area contributed by atoms with Crippen molar-refractivity contribution in [3.8, 4) is 0 Å². The minimum atomic E-state index is 0.0966. The van der Waals surface area contributed by atoms with Crippen LogP contribution in [0.1, 0.15) is 55.2 Å². The van der Waals surface area contributed by atoms with Gasteiger partial charge in [0.05, 0.1) is 6.54 Å². The number of piperidine rings is 1. The van der Waals surface area contributed by atoms with Gasteiger partial charge >= 0.3 is 0 Å². The molecule has 3 heteroatoms. The van der Waals surface area contributed by atoms with Crippen LogP contribution in [0.2, 0.25) is 0 Å². The summed E-state index contributed by atoms with van der Waals surface area (Å²) in [5.74, 6) is 1.12. The maximum atomic E-state index is 12.6. The van der Waals surface area contributed by atoms with Gasteiger partial charge in [0, 0.05) is 5.69 Å². The lowest BCUT2D eigenvalue weighted by atomic mass is 9.89. The van der Waals surface area contributed by atoms with Crippen molar-refractivity contribution in [1.29, 1.82) is 0 Å². The third-order valence-corrected chi connectivity index (χ3v) is 5.42. The topological polar surface area (TPSA) is 32.3 Å². The fourth-order valence-corrected chi connectivity index (χ4v) is 3.87. The van der Waals surface area contributed by atoms with Gasteiger partial charge in [-0.3, -0.25) is 9.69 Å². The van der Waals surface area contributed by atoms with Gasteiger partial charge in [-0.2, -0.15) is 0 Å². The normalized spacial score (nSPS) is 16.0. The molecule has 0 radical (unpaired) electrons. The second-order valence-electron chi connectivity index (χ2n) is 7.70. The average Bonchev–Trinajstić information content (AvgIpc) is 2.64. The van der Waals surface area contributed by atoms with E-state index in [1.54, 1.807) is 0 Å². The largest absolute Gasteiger partial charge is 0.324 e. The Labute approximate surface area is 157 Å². The van der Waals surface area contributed by atoms with E-state index in [1.807, 2.05) is 0 Å². The van der Waals surface area contributed by atoms with Crippen LogP contribution in [0.25, 0.3) is 0 Å². The van der Waals surface area contributed by atoms with Crippen molar-refractivity contribution in [3.05, 3.63) is 65.2 Å². The molecule has 0 aromatic heterocycles. The molecule has 3 nitrogen and oxygen atoms in total. The minimum absolute atomic E-state index is 0.0966. The van der Waals surface area contributed by atoms with Crippen molar-refractivity contribution in [2.45, 2.75) is 45.4 Å².